The van der Waals surface area contributed by atoms with Gasteiger partial charge >= 0.3 is 0 Å². The molecule has 1 aliphatic rings. The highest BCUT2D eigenvalue weighted by atomic mass is 16.2. The Morgan fingerprint density at radius 2 is 1.27 bits per heavy atom. The Morgan fingerprint density at radius 1 is 0.680 bits per heavy atom. The van der Waals surface area contributed by atoms with Crippen molar-refractivity contribution in [3.05, 3.63) is 71.9 Å². The van der Waals surface area contributed by atoms with Gasteiger partial charge in [-0.25, -0.2) is 0 Å². The molecule has 1 unspecified atom stereocenters. The van der Waals surface area contributed by atoms with E-state index in [4.69, 9.17) is 34.4 Å². The molecule has 75 heavy (non-hydrogen) atoms. The smallest absolute Gasteiger partial charge is 0.243 e. The quantitative estimate of drug-likeness (QED) is 0.0325. The average Bonchev–Trinajstić information content (AvgIpc) is 3.76. The Balaban J connectivity index is 1.77. The first-order valence-corrected chi connectivity index (χ1v) is 24.3. The number of aromatic amines is 1. The lowest BCUT2D eigenvalue weighted by Crippen LogP contribution is -2.60. The summed E-state index contributed by atoms with van der Waals surface area (Å²) in [6.45, 7) is 1.21. The van der Waals surface area contributed by atoms with Crippen LogP contribution in [0.5, 0.6) is 0 Å². The Morgan fingerprint density at radius 3 is 1.92 bits per heavy atom. The number of carbonyl (C=O) groups is 10. The van der Waals surface area contributed by atoms with E-state index in [1.54, 1.807) is 54.7 Å². The molecule has 2 heterocycles. The summed E-state index contributed by atoms with van der Waals surface area (Å²) in [7, 11) is 0. The van der Waals surface area contributed by atoms with Gasteiger partial charge in [-0.15, -0.1) is 0 Å². The normalized spacial score (nSPS) is 21.0. The van der Waals surface area contributed by atoms with Crippen molar-refractivity contribution in [1.29, 1.82) is 0 Å². The summed E-state index contributed by atoms with van der Waals surface area (Å²) in [5, 5.41) is 21.5. The molecule has 4 rings (SSSR count). The van der Waals surface area contributed by atoms with Crippen molar-refractivity contribution in [2.45, 2.75) is 120 Å². The lowest BCUT2D eigenvalue weighted by molar-refractivity contribution is -0.136. The number of para-hydroxylation sites is 1. The highest BCUT2D eigenvalue weighted by Crippen LogP contribution is 2.20. The third-order valence-corrected chi connectivity index (χ3v) is 11.8. The zero-order chi connectivity index (χ0) is 55.0. The van der Waals surface area contributed by atoms with E-state index in [0.29, 0.717) is 11.1 Å². The van der Waals surface area contributed by atoms with E-state index in [1.165, 1.54) is 6.92 Å². The lowest BCUT2D eigenvalue weighted by Gasteiger charge is -2.28. The van der Waals surface area contributed by atoms with Gasteiger partial charge in [-0.3, -0.25) is 57.9 Å². The van der Waals surface area contributed by atoms with E-state index in [1.807, 2.05) is 6.07 Å². The number of primary amides is 2. The number of aromatic nitrogens is 1. The van der Waals surface area contributed by atoms with E-state index in [2.05, 4.69) is 57.5 Å². The largest absolute Gasteiger partial charge is 0.370 e. The first-order valence-electron chi connectivity index (χ1n) is 24.3. The highest BCUT2D eigenvalue weighted by molar-refractivity contribution is 5.99. The van der Waals surface area contributed by atoms with Gasteiger partial charge in [-0.1, -0.05) is 48.5 Å². The molecule has 21 N–H and O–H groups in total. The molecule has 3 aromatic rings. The minimum absolute atomic E-state index is 0.0164. The van der Waals surface area contributed by atoms with Gasteiger partial charge in [0.2, 0.25) is 59.1 Å². The van der Waals surface area contributed by atoms with Gasteiger partial charge < -0.3 is 81.9 Å². The number of fused-ring (bicyclic) bond motifs is 1. The molecule has 1 aromatic heterocycles. The summed E-state index contributed by atoms with van der Waals surface area (Å²) in [6.07, 6.45) is 0.0408. The van der Waals surface area contributed by atoms with Crippen molar-refractivity contribution >= 4 is 81.9 Å². The molecule has 0 spiro atoms. The molecule has 27 nitrogen and oxygen atoms in total. The molecule has 2 aromatic carbocycles. The number of amides is 10. The maximum absolute atomic E-state index is 14.6. The van der Waals surface area contributed by atoms with Crippen LogP contribution in [0, 0.1) is 0 Å². The van der Waals surface area contributed by atoms with Crippen molar-refractivity contribution in [1.82, 2.24) is 47.5 Å². The first-order chi connectivity index (χ1) is 35.7. The number of nitrogens with two attached hydrogens (primary N) is 6. The van der Waals surface area contributed by atoms with Crippen molar-refractivity contribution in [2.75, 3.05) is 19.6 Å². The minimum Gasteiger partial charge on any atom is -0.370 e. The molecular formula is C48H69N17O10. The van der Waals surface area contributed by atoms with Crippen LogP contribution in [-0.4, -0.2) is 138 Å². The molecule has 1 fully saturated rings. The van der Waals surface area contributed by atoms with Gasteiger partial charge in [0.25, 0.3) is 0 Å². The van der Waals surface area contributed by atoms with Gasteiger partial charge in [-0.05, 0) is 62.1 Å². The molecule has 10 amide bonds. The van der Waals surface area contributed by atoms with Gasteiger partial charge in [-0.2, -0.15) is 0 Å². The SMILES string of the molecule is CC(=O)N[C@H](CCCN=C(N)N)C(=O)N[C@H]1CCCNC(=O)CC[C@@H](C(N)=O)NC(=O)[C@H](Cc2c[nH]c3ccccc23)NC(=O)[C@H](CCCN=C(N)N)NC(=O)C(Cc2ccccc2)NC(=O)[C@H](CC(N)=O)NC1=O. The Labute approximate surface area is 432 Å². The van der Waals surface area contributed by atoms with Crippen LogP contribution in [0.3, 0.4) is 0 Å². The van der Waals surface area contributed by atoms with Gasteiger partial charge in [0.1, 0.15) is 42.3 Å². The van der Waals surface area contributed by atoms with Crippen molar-refractivity contribution in [3.63, 3.8) is 0 Å². The number of rotatable bonds is 18. The highest BCUT2D eigenvalue weighted by Gasteiger charge is 2.35. The lowest BCUT2D eigenvalue weighted by atomic mass is 10.0. The van der Waals surface area contributed by atoms with Gasteiger partial charge in [0, 0.05) is 62.9 Å². The van der Waals surface area contributed by atoms with Crippen molar-refractivity contribution in [3.8, 4) is 0 Å². The number of hydrogen-bond acceptors (Lipinski definition) is 12. The minimum atomic E-state index is -1.74. The van der Waals surface area contributed by atoms with Crippen molar-refractivity contribution < 1.29 is 47.9 Å². The zero-order valence-corrected chi connectivity index (χ0v) is 41.7. The number of H-pyrrole nitrogens is 1. The molecule has 1 aliphatic heterocycles. The summed E-state index contributed by atoms with van der Waals surface area (Å²) in [4.78, 5) is 147. The third kappa shape index (κ3) is 20.3. The van der Waals surface area contributed by atoms with Crippen LogP contribution < -0.4 is 76.9 Å². The number of nitrogens with zero attached hydrogens (tertiary/aromatic N) is 2. The summed E-state index contributed by atoms with van der Waals surface area (Å²) < 4.78 is 0. The molecule has 0 radical (unpaired) electrons. The monoisotopic (exact) mass is 1040 g/mol. The maximum atomic E-state index is 14.6. The zero-order valence-electron chi connectivity index (χ0n) is 41.7. The van der Waals surface area contributed by atoms with Crippen LogP contribution in [0.2, 0.25) is 0 Å². The molecule has 7 atom stereocenters. The molecule has 0 saturated carbocycles. The first kappa shape index (κ1) is 58.8. The summed E-state index contributed by atoms with van der Waals surface area (Å²) in [5.41, 5.74) is 35.1. The van der Waals surface area contributed by atoms with Gasteiger partial charge in [0.05, 0.1) is 6.42 Å². The summed E-state index contributed by atoms with van der Waals surface area (Å²) >= 11 is 0. The molecule has 0 aliphatic carbocycles. The van der Waals surface area contributed by atoms with E-state index < -0.39 is 108 Å². The topological polar surface area (TPSA) is 464 Å². The van der Waals surface area contributed by atoms with Gasteiger partial charge in [0.15, 0.2) is 11.9 Å². The third-order valence-electron chi connectivity index (χ3n) is 11.8. The van der Waals surface area contributed by atoms with Crippen LogP contribution in [0.25, 0.3) is 10.9 Å². The molecule has 406 valence electrons. The second-order valence-corrected chi connectivity index (χ2v) is 17.9. The summed E-state index contributed by atoms with van der Waals surface area (Å²) in [6, 6.07) is 5.48. The van der Waals surface area contributed by atoms with Crippen LogP contribution in [0.4, 0.5) is 0 Å². The Hall–Kier alpha value is -8.78. The van der Waals surface area contributed by atoms with Crippen LogP contribution in [0.1, 0.15) is 75.8 Å². The fraction of sp³-hybridized carbons (Fsp3) is 0.458. The predicted octanol–water partition coefficient (Wildman–Crippen LogP) is -4.48. The molecule has 1 saturated heterocycles. The van der Waals surface area contributed by atoms with E-state index >= 15 is 0 Å². The Kier molecular flexibility index (Phi) is 23.3. The molecular weight excluding hydrogens is 975 g/mol. The molecule has 27 heteroatoms. The van der Waals surface area contributed by atoms with E-state index in [9.17, 15) is 47.9 Å². The fourth-order valence-electron chi connectivity index (χ4n) is 8.08. The molecule has 0 bridgehead atoms. The second-order valence-electron chi connectivity index (χ2n) is 17.9. The van der Waals surface area contributed by atoms with E-state index in [-0.39, 0.29) is 95.8 Å². The standard InChI is InChI=1S/C48H69N17O10/c1-26(66)59-32(14-8-20-56-47(51)52)41(70)61-33-15-7-19-55-39(68)18-17-31(40(50)69)60-45(74)36(23-28-25-58-30-13-6-5-12-29(28)30)64-42(71)34(16-9-21-57-48(53)54)62-44(73)35(22-27-10-3-2-4-11-27)63-46(75)37(24-38(49)67)65-43(33)72/h2-6,10-13,25,31-37,58H,7-9,14-24H2,1H3,(H2,49,67)(H2,50,69)(H,55,68)(H,59,66)(H,60,74)(H,61,70)(H,62,73)(H,63,75)(H,64,71)(H,65,72)(H4,51,52,56)(H4,53,54,57)/t31-,32+,33-,34-,35?,36-,37-/m0/s1. The van der Waals surface area contributed by atoms with Crippen LogP contribution >= 0.6 is 0 Å². The Bertz CT molecular complexity index is 2560. The maximum Gasteiger partial charge on any atom is 0.243 e. The second kappa shape index (κ2) is 29.7. The number of nitrogens with one attached hydrogen (secondary N) is 9. The number of carbonyl (C=O) groups excluding carboxylic acids is 10. The summed E-state index contributed by atoms with van der Waals surface area (Å²) in [5.74, 6) is -9.09. The van der Waals surface area contributed by atoms with Crippen molar-refractivity contribution in [2.24, 2.45) is 44.4 Å². The number of guanidine groups is 2. The number of hydrogen-bond donors (Lipinski definition) is 15. The fourth-order valence-corrected chi connectivity index (χ4v) is 8.08. The number of benzene rings is 2. The van der Waals surface area contributed by atoms with E-state index in [0.717, 1.165) is 10.9 Å². The average molecular weight is 1040 g/mol. The number of aliphatic imine (C=N–C) groups is 2. The predicted molar refractivity (Wildman–Crippen MR) is 276 cm³/mol. The van der Waals surface area contributed by atoms with Crippen LogP contribution in [0.15, 0.2) is 70.8 Å². The van der Waals surface area contributed by atoms with Crippen LogP contribution in [-0.2, 0) is 60.8 Å².